The van der Waals surface area contributed by atoms with Crippen LogP contribution in [0.3, 0.4) is 0 Å². The van der Waals surface area contributed by atoms with Gasteiger partial charge in [-0.1, -0.05) is 48.4 Å². The number of carbonyl (C=O) groups is 1. The van der Waals surface area contributed by atoms with Crippen molar-refractivity contribution in [1.82, 2.24) is 20.0 Å². The van der Waals surface area contributed by atoms with Crippen molar-refractivity contribution in [2.24, 2.45) is 7.05 Å². The summed E-state index contributed by atoms with van der Waals surface area (Å²) in [6, 6.07) is 8.72. The predicted molar refractivity (Wildman–Crippen MR) is 104 cm³/mol. The van der Waals surface area contributed by atoms with E-state index in [2.05, 4.69) is 53.4 Å². The van der Waals surface area contributed by atoms with Gasteiger partial charge in [0.2, 0.25) is 5.91 Å². The number of carbonyl (C=O) groups excluding carboxylic acids is 1. The summed E-state index contributed by atoms with van der Waals surface area (Å²) >= 11 is 6.47. The molecule has 5 nitrogen and oxygen atoms in total. The number of hydrogen-bond acceptors (Lipinski definition) is 3. The zero-order chi connectivity index (χ0) is 18.8. The number of halogens is 1. The van der Waals surface area contributed by atoms with Gasteiger partial charge in [-0.2, -0.15) is 5.10 Å². The van der Waals surface area contributed by atoms with Gasteiger partial charge in [-0.3, -0.25) is 14.4 Å². The Morgan fingerprint density at radius 1 is 1.31 bits per heavy atom. The second kappa shape index (κ2) is 7.80. The first kappa shape index (κ1) is 18.9. The Kier molecular flexibility index (Phi) is 5.68. The van der Waals surface area contributed by atoms with Crippen LogP contribution in [-0.2, 0) is 24.8 Å². The molecule has 1 aromatic heterocycles. The number of aromatic nitrogens is 2. The molecule has 1 N–H and O–H groups in total. The third-order valence-electron chi connectivity index (χ3n) is 5.16. The lowest BCUT2D eigenvalue weighted by Gasteiger charge is -2.19. The van der Waals surface area contributed by atoms with Gasteiger partial charge < -0.3 is 5.32 Å². The van der Waals surface area contributed by atoms with E-state index in [9.17, 15) is 4.79 Å². The monoisotopic (exact) mass is 374 g/mol. The van der Waals surface area contributed by atoms with Crippen LogP contribution >= 0.6 is 11.6 Å². The van der Waals surface area contributed by atoms with Crippen LogP contribution in [0.4, 0.5) is 0 Å². The third kappa shape index (κ3) is 3.94. The minimum atomic E-state index is 0.0163. The first-order valence-electron chi connectivity index (χ1n) is 9.15. The van der Waals surface area contributed by atoms with Crippen LogP contribution in [0.25, 0.3) is 0 Å². The van der Waals surface area contributed by atoms with Crippen LogP contribution in [-0.4, -0.2) is 39.7 Å². The Bertz CT molecular complexity index is 784. The second-order valence-electron chi connectivity index (χ2n) is 7.21. The molecule has 1 amide bonds. The van der Waals surface area contributed by atoms with Gasteiger partial charge in [-0.05, 0) is 18.9 Å². The summed E-state index contributed by atoms with van der Waals surface area (Å²) in [6.45, 7) is 8.24. The van der Waals surface area contributed by atoms with Crippen LogP contribution in [0.1, 0.15) is 42.1 Å². The molecular weight excluding hydrogens is 348 g/mol. The highest BCUT2D eigenvalue weighted by Gasteiger charge is 2.35. The van der Waals surface area contributed by atoms with E-state index in [4.69, 9.17) is 11.6 Å². The molecule has 1 aliphatic heterocycles. The van der Waals surface area contributed by atoms with Crippen LogP contribution in [0, 0.1) is 6.92 Å². The molecule has 6 heteroatoms. The molecule has 0 bridgehead atoms. The number of nitrogens with zero attached hydrogens (tertiary/aromatic N) is 3. The molecular formula is C20H27ClN4O. The molecule has 2 heterocycles. The molecule has 1 fully saturated rings. The zero-order valence-electron chi connectivity index (χ0n) is 15.9. The maximum absolute atomic E-state index is 11.7. The molecule has 3 rings (SSSR count). The molecule has 1 aliphatic rings. The van der Waals surface area contributed by atoms with Gasteiger partial charge in [0.15, 0.2) is 0 Å². The molecule has 0 saturated carbocycles. The van der Waals surface area contributed by atoms with Gasteiger partial charge in [0.05, 0.1) is 5.69 Å². The van der Waals surface area contributed by atoms with Crippen molar-refractivity contribution < 1.29 is 4.79 Å². The normalized spacial score (nSPS) is 20.5. The highest BCUT2D eigenvalue weighted by Crippen LogP contribution is 2.31. The summed E-state index contributed by atoms with van der Waals surface area (Å²) < 4.78 is 1.74. The maximum atomic E-state index is 11.7. The topological polar surface area (TPSA) is 50.2 Å². The van der Waals surface area contributed by atoms with Crippen LogP contribution in [0.15, 0.2) is 24.3 Å². The first-order chi connectivity index (χ1) is 12.4. The van der Waals surface area contributed by atoms with Gasteiger partial charge in [0.25, 0.3) is 0 Å². The summed E-state index contributed by atoms with van der Waals surface area (Å²) in [5.41, 5.74) is 4.66. The summed E-state index contributed by atoms with van der Waals surface area (Å²) in [6.07, 6.45) is 0.861. The highest BCUT2D eigenvalue weighted by molar-refractivity contribution is 6.30. The first-order valence-corrected chi connectivity index (χ1v) is 9.53. The largest absolute Gasteiger partial charge is 0.352 e. The fourth-order valence-electron chi connectivity index (χ4n) is 3.84. The number of likely N-dealkylation sites (tertiary alicyclic amines) is 1. The average molecular weight is 375 g/mol. The van der Waals surface area contributed by atoms with Gasteiger partial charge in [-0.25, -0.2) is 0 Å². The SMILES string of the molecule is CCc1nn(C)c(Cl)c1CN1CC(NC(C)=O)C(c2ccc(C)cc2)C1. The van der Waals surface area contributed by atoms with E-state index in [1.54, 1.807) is 11.6 Å². The minimum Gasteiger partial charge on any atom is -0.352 e. The van der Waals surface area contributed by atoms with Crippen molar-refractivity contribution in [3.8, 4) is 0 Å². The lowest BCUT2D eigenvalue weighted by molar-refractivity contribution is -0.119. The molecule has 1 saturated heterocycles. The van der Waals surface area contributed by atoms with E-state index in [0.29, 0.717) is 5.15 Å². The van der Waals surface area contributed by atoms with Gasteiger partial charge in [0, 0.05) is 51.1 Å². The minimum absolute atomic E-state index is 0.0163. The van der Waals surface area contributed by atoms with E-state index in [0.717, 1.165) is 37.3 Å². The van der Waals surface area contributed by atoms with Crippen molar-refractivity contribution in [2.45, 2.75) is 45.7 Å². The number of nitrogens with one attached hydrogen (secondary N) is 1. The number of benzene rings is 1. The lowest BCUT2D eigenvalue weighted by Crippen LogP contribution is -2.38. The van der Waals surface area contributed by atoms with Gasteiger partial charge in [0.1, 0.15) is 5.15 Å². The summed E-state index contributed by atoms with van der Waals surface area (Å²) in [5, 5.41) is 8.35. The fraction of sp³-hybridized carbons (Fsp3) is 0.500. The van der Waals surface area contributed by atoms with Crippen molar-refractivity contribution in [1.29, 1.82) is 0 Å². The number of amides is 1. The molecule has 140 valence electrons. The molecule has 0 radical (unpaired) electrons. The third-order valence-corrected chi connectivity index (χ3v) is 5.63. The molecule has 0 aliphatic carbocycles. The van der Waals surface area contributed by atoms with E-state index in [1.165, 1.54) is 11.1 Å². The Balaban J connectivity index is 1.82. The van der Waals surface area contributed by atoms with Gasteiger partial charge in [-0.15, -0.1) is 0 Å². The Labute approximate surface area is 160 Å². The molecule has 26 heavy (non-hydrogen) atoms. The standard InChI is InChI=1S/C20H27ClN4O/c1-5-18-17(20(21)24(4)23-18)11-25-10-16(19(12-25)22-14(3)26)15-8-6-13(2)7-9-15/h6-9,16,19H,5,10-12H2,1-4H3,(H,22,26). The quantitative estimate of drug-likeness (QED) is 0.875. The van der Waals surface area contributed by atoms with Crippen molar-refractivity contribution >= 4 is 17.5 Å². The van der Waals surface area contributed by atoms with Crippen LogP contribution in [0.5, 0.6) is 0 Å². The summed E-state index contributed by atoms with van der Waals surface area (Å²) in [4.78, 5) is 14.1. The molecule has 2 aromatic rings. The average Bonchev–Trinajstić information content (AvgIpc) is 3.10. The highest BCUT2D eigenvalue weighted by atomic mass is 35.5. The number of rotatable bonds is 5. The van der Waals surface area contributed by atoms with Gasteiger partial charge >= 0.3 is 0 Å². The smallest absolute Gasteiger partial charge is 0.217 e. The Morgan fingerprint density at radius 3 is 2.62 bits per heavy atom. The number of hydrogen-bond donors (Lipinski definition) is 1. The van der Waals surface area contributed by atoms with Crippen molar-refractivity contribution in [2.75, 3.05) is 13.1 Å². The Morgan fingerprint density at radius 2 is 2.00 bits per heavy atom. The van der Waals surface area contributed by atoms with E-state index in [1.807, 2.05) is 7.05 Å². The van der Waals surface area contributed by atoms with E-state index >= 15 is 0 Å². The van der Waals surface area contributed by atoms with Crippen molar-refractivity contribution in [3.05, 3.63) is 51.8 Å². The van der Waals surface area contributed by atoms with Crippen LogP contribution in [0.2, 0.25) is 5.15 Å². The summed E-state index contributed by atoms with van der Waals surface area (Å²) in [5.74, 6) is 0.294. The predicted octanol–water partition coefficient (Wildman–Crippen LogP) is 3.05. The zero-order valence-corrected chi connectivity index (χ0v) is 16.7. The molecule has 2 atom stereocenters. The number of aryl methyl sites for hydroxylation is 3. The molecule has 2 unspecified atom stereocenters. The summed E-state index contributed by atoms with van der Waals surface area (Å²) in [7, 11) is 1.88. The molecule has 1 aromatic carbocycles. The second-order valence-corrected chi connectivity index (χ2v) is 7.57. The van der Waals surface area contributed by atoms with E-state index in [-0.39, 0.29) is 17.9 Å². The maximum Gasteiger partial charge on any atom is 0.217 e. The Hall–Kier alpha value is -1.85. The lowest BCUT2D eigenvalue weighted by atomic mass is 9.93. The van der Waals surface area contributed by atoms with Crippen LogP contribution < -0.4 is 5.32 Å². The van der Waals surface area contributed by atoms with E-state index < -0.39 is 0 Å². The van der Waals surface area contributed by atoms with Crippen molar-refractivity contribution in [3.63, 3.8) is 0 Å². The molecule has 0 spiro atoms. The fourth-order valence-corrected chi connectivity index (χ4v) is 4.04.